The summed E-state index contributed by atoms with van der Waals surface area (Å²) >= 11 is 0. The third kappa shape index (κ3) is 3.76. The maximum absolute atomic E-state index is 11.8. The molecule has 2 aliphatic rings. The Labute approximate surface area is 147 Å². The number of fused-ring (bicyclic) bond motifs is 1. The lowest BCUT2D eigenvalue weighted by Gasteiger charge is -2.35. The molecule has 2 fully saturated rings. The summed E-state index contributed by atoms with van der Waals surface area (Å²) in [7, 11) is 1.37. The zero-order chi connectivity index (χ0) is 18.1. The normalized spacial score (nSPS) is 28.4. The summed E-state index contributed by atoms with van der Waals surface area (Å²) in [5, 5.41) is 13.2. The monoisotopic (exact) mass is 347 g/mol. The quantitative estimate of drug-likeness (QED) is 0.789. The standard InChI is InChI=1S/C18H25N3O4/c1-10-4-12(18(24)25-3)7-17(19-10)21-8-13-5-15(20-11(2)22)16(23)6-14(13)9-21/h4,7,13-16,23H,5-6,8-9H2,1-3H3,(H,20,22)/t13-,14+,15-,16-/m1/s1. The Kier molecular flexibility index (Phi) is 4.94. The van der Waals surface area contributed by atoms with Gasteiger partial charge < -0.3 is 20.1 Å². The summed E-state index contributed by atoms with van der Waals surface area (Å²) in [5.74, 6) is 1.04. The Bertz CT molecular complexity index is 678. The lowest BCUT2D eigenvalue weighted by atomic mass is 9.77. The van der Waals surface area contributed by atoms with Crippen molar-refractivity contribution in [2.24, 2.45) is 11.8 Å². The molecule has 2 N–H and O–H groups in total. The average molecular weight is 347 g/mol. The van der Waals surface area contributed by atoms with Gasteiger partial charge in [-0.15, -0.1) is 0 Å². The van der Waals surface area contributed by atoms with Gasteiger partial charge in [0.1, 0.15) is 5.82 Å². The number of nitrogens with zero attached hydrogens (tertiary/aromatic N) is 2. The molecule has 1 aromatic heterocycles. The van der Waals surface area contributed by atoms with Crippen molar-refractivity contribution < 1.29 is 19.4 Å². The highest BCUT2D eigenvalue weighted by atomic mass is 16.5. The summed E-state index contributed by atoms with van der Waals surface area (Å²) < 4.78 is 4.81. The molecule has 2 heterocycles. The number of rotatable bonds is 3. The first-order chi connectivity index (χ1) is 11.9. The second-order valence-electron chi connectivity index (χ2n) is 7.12. The number of ether oxygens (including phenoxy) is 1. The molecule has 0 aromatic carbocycles. The van der Waals surface area contributed by atoms with Gasteiger partial charge in [-0.3, -0.25) is 4.79 Å². The molecule has 1 aliphatic carbocycles. The molecule has 0 spiro atoms. The largest absolute Gasteiger partial charge is 0.465 e. The number of aliphatic hydroxyl groups is 1. The number of hydrogen-bond acceptors (Lipinski definition) is 6. The van der Waals surface area contributed by atoms with Crippen LogP contribution in [0.3, 0.4) is 0 Å². The molecule has 1 aliphatic heterocycles. The van der Waals surface area contributed by atoms with Crippen LogP contribution in [-0.2, 0) is 9.53 Å². The van der Waals surface area contributed by atoms with E-state index < -0.39 is 6.10 Å². The molecule has 0 bridgehead atoms. The van der Waals surface area contributed by atoms with Gasteiger partial charge in [-0.05, 0) is 43.7 Å². The lowest BCUT2D eigenvalue weighted by Crippen LogP contribution is -2.48. The zero-order valence-electron chi connectivity index (χ0n) is 14.9. The van der Waals surface area contributed by atoms with Crippen LogP contribution in [0.25, 0.3) is 0 Å². The number of pyridine rings is 1. The molecular formula is C18H25N3O4. The van der Waals surface area contributed by atoms with Crippen LogP contribution in [-0.4, -0.2) is 54.3 Å². The van der Waals surface area contributed by atoms with Gasteiger partial charge >= 0.3 is 5.97 Å². The topological polar surface area (TPSA) is 91.8 Å². The van der Waals surface area contributed by atoms with Gasteiger partial charge in [0.05, 0.1) is 24.8 Å². The van der Waals surface area contributed by atoms with E-state index in [4.69, 9.17) is 4.74 Å². The second kappa shape index (κ2) is 7.00. The van der Waals surface area contributed by atoms with Crippen molar-refractivity contribution >= 4 is 17.7 Å². The Balaban J connectivity index is 1.76. The van der Waals surface area contributed by atoms with E-state index in [2.05, 4.69) is 15.2 Å². The number of amides is 1. The number of carbonyl (C=O) groups is 2. The second-order valence-corrected chi connectivity index (χ2v) is 7.12. The number of aliphatic hydroxyl groups excluding tert-OH is 1. The van der Waals surface area contributed by atoms with Crippen molar-refractivity contribution in [1.82, 2.24) is 10.3 Å². The van der Waals surface area contributed by atoms with Gasteiger partial charge in [-0.1, -0.05) is 0 Å². The highest BCUT2D eigenvalue weighted by Crippen LogP contribution is 2.38. The lowest BCUT2D eigenvalue weighted by molar-refractivity contribution is -0.121. The molecule has 1 saturated carbocycles. The van der Waals surface area contributed by atoms with Crippen LogP contribution in [0.4, 0.5) is 5.82 Å². The van der Waals surface area contributed by atoms with Gasteiger partial charge in [0.2, 0.25) is 5.91 Å². The van der Waals surface area contributed by atoms with Gasteiger partial charge in [-0.2, -0.15) is 0 Å². The van der Waals surface area contributed by atoms with E-state index in [-0.39, 0.29) is 17.9 Å². The third-order valence-electron chi connectivity index (χ3n) is 5.22. The number of aromatic nitrogens is 1. The Hall–Kier alpha value is -2.15. The van der Waals surface area contributed by atoms with E-state index in [0.717, 1.165) is 31.0 Å². The molecule has 7 heteroatoms. The van der Waals surface area contributed by atoms with E-state index in [0.29, 0.717) is 23.8 Å². The van der Waals surface area contributed by atoms with Crippen LogP contribution in [0.5, 0.6) is 0 Å². The summed E-state index contributed by atoms with van der Waals surface area (Å²) in [4.78, 5) is 29.9. The van der Waals surface area contributed by atoms with Gasteiger partial charge in [0.25, 0.3) is 0 Å². The van der Waals surface area contributed by atoms with Crippen LogP contribution in [0.1, 0.15) is 35.8 Å². The molecular weight excluding hydrogens is 322 g/mol. The predicted octanol–water partition coefficient (Wildman–Crippen LogP) is 0.888. The summed E-state index contributed by atoms with van der Waals surface area (Å²) in [6.07, 6.45) is 0.917. The minimum atomic E-state index is -0.513. The molecule has 7 nitrogen and oxygen atoms in total. The number of aryl methyl sites for hydroxylation is 1. The van der Waals surface area contributed by atoms with E-state index in [1.165, 1.54) is 14.0 Å². The summed E-state index contributed by atoms with van der Waals surface area (Å²) in [6.45, 7) is 4.94. The van der Waals surface area contributed by atoms with Crippen LogP contribution in [0.2, 0.25) is 0 Å². The van der Waals surface area contributed by atoms with Gasteiger partial charge in [0.15, 0.2) is 0 Å². The molecule has 3 rings (SSSR count). The van der Waals surface area contributed by atoms with Crippen LogP contribution in [0.15, 0.2) is 12.1 Å². The van der Waals surface area contributed by atoms with Gasteiger partial charge in [0, 0.05) is 25.7 Å². The fourth-order valence-corrected chi connectivity index (χ4v) is 4.08. The minimum absolute atomic E-state index is 0.111. The fourth-order valence-electron chi connectivity index (χ4n) is 4.08. The highest BCUT2D eigenvalue weighted by molar-refractivity contribution is 5.90. The van der Waals surface area contributed by atoms with E-state index in [9.17, 15) is 14.7 Å². The molecule has 136 valence electrons. The summed E-state index contributed by atoms with van der Waals surface area (Å²) in [6, 6.07) is 3.29. The smallest absolute Gasteiger partial charge is 0.338 e. The number of hydrogen-bond donors (Lipinski definition) is 2. The van der Waals surface area contributed by atoms with Crippen molar-refractivity contribution in [2.75, 3.05) is 25.1 Å². The molecule has 4 atom stereocenters. The molecule has 0 unspecified atom stereocenters. The molecule has 1 saturated heterocycles. The first kappa shape index (κ1) is 17.7. The van der Waals surface area contributed by atoms with E-state index in [1.54, 1.807) is 12.1 Å². The van der Waals surface area contributed by atoms with Crippen molar-refractivity contribution in [3.8, 4) is 0 Å². The average Bonchev–Trinajstić information content (AvgIpc) is 2.96. The molecule has 25 heavy (non-hydrogen) atoms. The van der Waals surface area contributed by atoms with Crippen LogP contribution >= 0.6 is 0 Å². The van der Waals surface area contributed by atoms with Crippen molar-refractivity contribution in [2.45, 2.75) is 38.8 Å². The first-order valence-corrected chi connectivity index (χ1v) is 8.64. The third-order valence-corrected chi connectivity index (χ3v) is 5.22. The summed E-state index contributed by atoms with van der Waals surface area (Å²) in [5.41, 5.74) is 1.26. The van der Waals surface area contributed by atoms with Crippen LogP contribution < -0.4 is 10.2 Å². The van der Waals surface area contributed by atoms with Crippen molar-refractivity contribution in [1.29, 1.82) is 0 Å². The fraction of sp³-hybridized carbons (Fsp3) is 0.611. The van der Waals surface area contributed by atoms with E-state index in [1.807, 2.05) is 6.92 Å². The Morgan fingerprint density at radius 3 is 2.60 bits per heavy atom. The molecule has 1 amide bonds. The predicted molar refractivity (Wildman–Crippen MR) is 92.4 cm³/mol. The van der Waals surface area contributed by atoms with Crippen LogP contribution in [0, 0.1) is 18.8 Å². The van der Waals surface area contributed by atoms with Gasteiger partial charge in [-0.25, -0.2) is 9.78 Å². The number of esters is 1. The number of carbonyl (C=O) groups excluding carboxylic acids is 2. The Morgan fingerprint density at radius 2 is 1.96 bits per heavy atom. The number of anilines is 1. The number of methoxy groups -OCH3 is 1. The van der Waals surface area contributed by atoms with Crippen molar-refractivity contribution in [3.63, 3.8) is 0 Å². The number of nitrogens with one attached hydrogen (secondary N) is 1. The van der Waals surface area contributed by atoms with E-state index >= 15 is 0 Å². The molecule has 1 aromatic rings. The minimum Gasteiger partial charge on any atom is -0.465 e. The van der Waals surface area contributed by atoms with Crippen molar-refractivity contribution in [3.05, 3.63) is 23.4 Å². The highest BCUT2D eigenvalue weighted by Gasteiger charge is 2.42. The molecule has 0 radical (unpaired) electrons. The zero-order valence-corrected chi connectivity index (χ0v) is 14.9. The maximum Gasteiger partial charge on any atom is 0.338 e. The SMILES string of the molecule is COC(=O)c1cc(C)nc(N2C[C@H]3C[C@@H](NC(C)=O)[C@H](O)C[C@H]3C2)c1. The first-order valence-electron chi connectivity index (χ1n) is 8.64. The Morgan fingerprint density at radius 1 is 1.28 bits per heavy atom. The maximum atomic E-state index is 11.8.